The number of hydrogen-bond donors (Lipinski definition) is 1. The fraction of sp³-hybridized carbons (Fsp3) is 0.667. The summed E-state index contributed by atoms with van der Waals surface area (Å²) in [5, 5.41) is 3.18. The summed E-state index contributed by atoms with van der Waals surface area (Å²) in [6.45, 7) is 7.73. The van der Waals surface area contributed by atoms with Crippen molar-refractivity contribution >= 4 is 6.03 Å². The van der Waals surface area contributed by atoms with Gasteiger partial charge in [0.2, 0.25) is 0 Å². The van der Waals surface area contributed by atoms with Crippen LogP contribution in [0.15, 0.2) is 24.4 Å². The van der Waals surface area contributed by atoms with Gasteiger partial charge in [-0.15, -0.1) is 0 Å². The van der Waals surface area contributed by atoms with Crippen molar-refractivity contribution in [2.45, 2.75) is 45.2 Å². The molecule has 0 spiro atoms. The monoisotopic (exact) mass is 316 g/mol. The Morgan fingerprint density at radius 3 is 2.52 bits per heavy atom. The molecule has 3 rings (SSSR count). The minimum atomic E-state index is 0.106. The zero-order valence-electron chi connectivity index (χ0n) is 14.2. The van der Waals surface area contributed by atoms with E-state index in [1.807, 2.05) is 23.2 Å². The van der Waals surface area contributed by atoms with Gasteiger partial charge < -0.3 is 10.2 Å². The van der Waals surface area contributed by atoms with Crippen LogP contribution in [0.3, 0.4) is 0 Å². The molecule has 5 heteroatoms. The van der Waals surface area contributed by atoms with E-state index in [1.54, 1.807) is 0 Å². The third kappa shape index (κ3) is 3.83. The van der Waals surface area contributed by atoms with Crippen LogP contribution >= 0.6 is 0 Å². The molecule has 1 aliphatic heterocycles. The lowest BCUT2D eigenvalue weighted by Gasteiger charge is -2.39. The number of rotatable bonds is 4. The minimum absolute atomic E-state index is 0.106. The average Bonchev–Trinajstić information content (AvgIpc) is 2.53. The van der Waals surface area contributed by atoms with Gasteiger partial charge in [0, 0.05) is 44.5 Å². The molecule has 126 valence electrons. The van der Waals surface area contributed by atoms with Gasteiger partial charge in [0.25, 0.3) is 0 Å². The number of urea groups is 1. The summed E-state index contributed by atoms with van der Waals surface area (Å²) in [7, 11) is 0. The smallest absolute Gasteiger partial charge is 0.317 e. The van der Waals surface area contributed by atoms with Crippen molar-refractivity contribution in [2.24, 2.45) is 5.92 Å². The molecular weight excluding hydrogens is 288 g/mol. The van der Waals surface area contributed by atoms with Gasteiger partial charge >= 0.3 is 6.03 Å². The molecule has 2 aliphatic rings. The second kappa shape index (κ2) is 7.30. The van der Waals surface area contributed by atoms with Gasteiger partial charge in [-0.3, -0.25) is 9.88 Å². The largest absolute Gasteiger partial charge is 0.335 e. The standard InChI is InChI=1S/C18H28N4O/c1-14(16-6-5-7-16)20-18(23)22-12-10-21(11-13-22)15(2)17-8-3-4-9-19-17/h3-4,8-9,14-16H,5-7,10-13H2,1-2H3,(H,20,23)/t14-,15+/m0/s1. The van der Waals surface area contributed by atoms with Crippen molar-refractivity contribution in [3.8, 4) is 0 Å². The van der Waals surface area contributed by atoms with E-state index in [4.69, 9.17) is 0 Å². The summed E-state index contributed by atoms with van der Waals surface area (Å²) in [4.78, 5) is 21.2. The van der Waals surface area contributed by atoms with Gasteiger partial charge in [-0.05, 0) is 44.7 Å². The second-order valence-corrected chi connectivity index (χ2v) is 6.88. The van der Waals surface area contributed by atoms with Crippen molar-refractivity contribution in [1.29, 1.82) is 0 Å². The summed E-state index contributed by atoms with van der Waals surface area (Å²) in [5.74, 6) is 0.685. The van der Waals surface area contributed by atoms with Gasteiger partial charge in [-0.25, -0.2) is 4.79 Å². The molecule has 0 unspecified atom stereocenters. The van der Waals surface area contributed by atoms with Crippen molar-refractivity contribution in [3.63, 3.8) is 0 Å². The Bertz CT molecular complexity index is 509. The fourth-order valence-corrected chi connectivity index (χ4v) is 3.47. The Kier molecular flexibility index (Phi) is 5.16. The van der Waals surface area contributed by atoms with Gasteiger partial charge in [0.15, 0.2) is 0 Å². The van der Waals surface area contributed by atoms with Gasteiger partial charge in [0.05, 0.1) is 5.69 Å². The summed E-state index contributed by atoms with van der Waals surface area (Å²) in [6, 6.07) is 6.77. The summed E-state index contributed by atoms with van der Waals surface area (Å²) < 4.78 is 0. The van der Waals surface area contributed by atoms with Crippen LogP contribution in [0.1, 0.15) is 44.8 Å². The Balaban J connectivity index is 1.47. The topological polar surface area (TPSA) is 48.5 Å². The van der Waals surface area contributed by atoms with Crippen LogP contribution in [0.5, 0.6) is 0 Å². The number of piperazine rings is 1. The zero-order valence-corrected chi connectivity index (χ0v) is 14.2. The molecule has 0 bridgehead atoms. The van der Waals surface area contributed by atoms with E-state index in [2.05, 4.69) is 35.1 Å². The molecule has 5 nitrogen and oxygen atoms in total. The lowest BCUT2D eigenvalue weighted by atomic mass is 9.80. The Morgan fingerprint density at radius 2 is 1.96 bits per heavy atom. The lowest BCUT2D eigenvalue weighted by molar-refractivity contribution is 0.108. The highest BCUT2D eigenvalue weighted by Crippen LogP contribution is 2.29. The number of carbonyl (C=O) groups is 1. The maximum atomic E-state index is 12.4. The third-order valence-electron chi connectivity index (χ3n) is 5.47. The van der Waals surface area contributed by atoms with Crippen LogP contribution in [0.2, 0.25) is 0 Å². The SMILES string of the molecule is C[C@H](NC(=O)N1CCN([C@H](C)c2ccccn2)CC1)C1CCC1. The van der Waals surface area contributed by atoms with Crippen LogP contribution in [-0.2, 0) is 0 Å². The molecule has 0 aromatic carbocycles. The van der Waals surface area contributed by atoms with E-state index in [9.17, 15) is 4.79 Å². The zero-order chi connectivity index (χ0) is 16.2. The molecule has 1 N–H and O–H groups in total. The summed E-state index contributed by atoms with van der Waals surface area (Å²) in [5.41, 5.74) is 1.10. The van der Waals surface area contributed by atoms with Crippen molar-refractivity contribution in [1.82, 2.24) is 20.1 Å². The second-order valence-electron chi connectivity index (χ2n) is 6.88. The van der Waals surface area contributed by atoms with Crippen LogP contribution in [0.4, 0.5) is 4.79 Å². The molecule has 0 radical (unpaired) electrons. The fourth-order valence-electron chi connectivity index (χ4n) is 3.47. The predicted molar refractivity (Wildman–Crippen MR) is 91.1 cm³/mol. The molecule has 1 saturated carbocycles. The number of aromatic nitrogens is 1. The van der Waals surface area contributed by atoms with Gasteiger partial charge in [0.1, 0.15) is 0 Å². The normalized spacial score (nSPS) is 22.3. The Labute approximate surface area is 139 Å². The number of nitrogens with zero attached hydrogens (tertiary/aromatic N) is 3. The van der Waals surface area contributed by atoms with E-state index in [1.165, 1.54) is 19.3 Å². The van der Waals surface area contributed by atoms with Crippen molar-refractivity contribution in [3.05, 3.63) is 30.1 Å². The molecule has 2 heterocycles. The maximum absolute atomic E-state index is 12.4. The van der Waals surface area contributed by atoms with Gasteiger partial charge in [-0.1, -0.05) is 12.5 Å². The number of carbonyl (C=O) groups excluding carboxylic acids is 1. The summed E-state index contributed by atoms with van der Waals surface area (Å²) in [6.07, 6.45) is 5.68. The molecular formula is C18H28N4O. The average molecular weight is 316 g/mol. The lowest BCUT2D eigenvalue weighted by Crippen LogP contribution is -2.54. The Hall–Kier alpha value is -1.62. The number of pyridine rings is 1. The molecule has 1 aromatic rings. The minimum Gasteiger partial charge on any atom is -0.335 e. The van der Waals surface area contributed by atoms with Crippen molar-refractivity contribution in [2.75, 3.05) is 26.2 Å². The third-order valence-corrected chi connectivity index (χ3v) is 5.47. The highest BCUT2D eigenvalue weighted by atomic mass is 16.2. The molecule has 23 heavy (non-hydrogen) atoms. The highest BCUT2D eigenvalue weighted by molar-refractivity contribution is 5.74. The maximum Gasteiger partial charge on any atom is 0.317 e. The Morgan fingerprint density at radius 1 is 1.22 bits per heavy atom. The first-order valence-corrected chi connectivity index (χ1v) is 8.85. The van der Waals surface area contributed by atoms with Crippen LogP contribution < -0.4 is 5.32 Å². The van der Waals surface area contributed by atoms with E-state index in [0.717, 1.165) is 31.9 Å². The predicted octanol–water partition coefficient (Wildman–Crippen LogP) is 2.66. The number of hydrogen-bond acceptors (Lipinski definition) is 3. The molecule has 2 atom stereocenters. The highest BCUT2D eigenvalue weighted by Gasteiger charge is 2.29. The quantitative estimate of drug-likeness (QED) is 0.929. The van der Waals surface area contributed by atoms with E-state index < -0.39 is 0 Å². The van der Waals surface area contributed by atoms with Crippen LogP contribution in [0, 0.1) is 5.92 Å². The first-order valence-electron chi connectivity index (χ1n) is 8.85. The van der Waals surface area contributed by atoms with Crippen molar-refractivity contribution < 1.29 is 4.79 Å². The van der Waals surface area contributed by atoms with E-state index >= 15 is 0 Å². The molecule has 1 aromatic heterocycles. The number of amides is 2. The first-order chi connectivity index (χ1) is 11.1. The van der Waals surface area contributed by atoms with Gasteiger partial charge in [-0.2, -0.15) is 0 Å². The molecule has 2 amide bonds. The molecule has 1 aliphatic carbocycles. The van der Waals surface area contributed by atoms with Crippen LogP contribution in [0.25, 0.3) is 0 Å². The van der Waals surface area contributed by atoms with Crippen LogP contribution in [-0.4, -0.2) is 53.0 Å². The first kappa shape index (κ1) is 16.2. The van der Waals surface area contributed by atoms with E-state index in [-0.39, 0.29) is 6.03 Å². The molecule has 2 fully saturated rings. The van der Waals surface area contributed by atoms with E-state index in [0.29, 0.717) is 18.0 Å². The summed E-state index contributed by atoms with van der Waals surface area (Å²) >= 11 is 0. The molecule has 1 saturated heterocycles. The number of nitrogens with one attached hydrogen (secondary N) is 1.